The highest BCUT2D eigenvalue weighted by Gasteiger charge is 2.19. The number of hydrogen-bond donors (Lipinski definition) is 1. The number of pyridine rings is 1. The average Bonchev–Trinajstić information content (AvgIpc) is 3.00. The van der Waals surface area contributed by atoms with E-state index in [0.29, 0.717) is 34.6 Å². The highest BCUT2D eigenvalue weighted by atomic mass is 35.5. The number of carbonyl (C=O) groups excluding carboxylic acids is 1. The van der Waals surface area contributed by atoms with Crippen molar-refractivity contribution in [2.45, 2.75) is 40.0 Å². The minimum atomic E-state index is -0.593. The number of hydrogen-bond acceptors (Lipinski definition) is 6. The molecule has 4 rings (SSSR count). The molecule has 3 aromatic rings. The van der Waals surface area contributed by atoms with Crippen molar-refractivity contribution >= 4 is 41.1 Å². The molecule has 1 N–H and O–H groups in total. The lowest BCUT2D eigenvalue weighted by Gasteiger charge is -2.36. The number of nitrogens with zero attached hydrogens (tertiary/aromatic N) is 3. The zero-order valence-corrected chi connectivity index (χ0v) is 25.7. The number of anilines is 1. The fourth-order valence-corrected chi connectivity index (χ4v) is 5.24. The summed E-state index contributed by atoms with van der Waals surface area (Å²) < 4.78 is 12.7. The average molecular weight is 614 g/mol. The molecule has 0 aliphatic carbocycles. The zero-order valence-electron chi connectivity index (χ0n) is 24.2. The third-order valence-corrected chi connectivity index (χ3v) is 8.03. The molecule has 1 aliphatic rings. The summed E-state index contributed by atoms with van der Waals surface area (Å²) in [7, 11) is 0. The second-order valence-corrected chi connectivity index (χ2v) is 11.1. The van der Waals surface area contributed by atoms with Crippen LogP contribution in [0, 0.1) is 6.92 Å². The summed E-state index contributed by atoms with van der Waals surface area (Å²) in [6, 6.07) is 18.5. The minimum Gasteiger partial charge on any atom is -0.498 e. The van der Waals surface area contributed by atoms with Gasteiger partial charge in [0, 0.05) is 38.8 Å². The molecule has 2 aromatic carbocycles. The van der Waals surface area contributed by atoms with E-state index in [9.17, 15) is 9.59 Å². The lowest BCUT2D eigenvalue weighted by molar-refractivity contribution is 0.111. The Bertz CT molecular complexity index is 1420. The number of amides is 1. The van der Waals surface area contributed by atoms with Crippen LogP contribution in [0.4, 0.5) is 10.5 Å². The van der Waals surface area contributed by atoms with Gasteiger partial charge in [0.15, 0.2) is 6.73 Å². The standard InChI is InChI=1S/C32H38Cl2N4O4/c1-24-13-14-30(39)38(23-42-32(40)35-22-26-9-4-3-5-10-26)29(24)21-25(2)41-20-7-6-15-36-16-18-37(19-17-36)28-12-8-11-27(33)31(28)34/h3-5,8-14,21H,6-7,15-20,22-23H2,1-2H3,(H,35,40)/b25-21+. The molecule has 10 heteroatoms. The summed E-state index contributed by atoms with van der Waals surface area (Å²) >= 11 is 12.6. The van der Waals surface area contributed by atoms with E-state index in [1.54, 1.807) is 6.07 Å². The Morgan fingerprint density at radius 3 is 2.48 bits per heavy atom. The summed E-state index contributed by atoms with van der Waals surface area (Å²) in [6.45, 7) is 9.27. The van der Waals surface area contributed by atoms with Crippen LogP contribution in [0.3, 0.4) is 0 Å². The van der Waals surface area contributed by atoms with E-state index in [4.69, 9.17) is 32.7 Å². The van der Waals surface area contributed by atoms with Crippen molar-refractivity contribution in [2.75, 3.05) is 44.2 Å². The molecule has 8 nitrogen and oxygen atoms in total. The topological polar surface area (TPSA) is 76.0 Å². The number of benzene rings is 2. The Morgan fingerprint density at radius 2 is 1.71 bits per heavy atom. The molecule has 1 aromatic heterocycles. The summed E-state index contributed by atoms with van der Waals surface area (Å²) in [4.78, 5) is 29.6. The molecule has 0 saturated carbocycles. The second kappa shape index (κ2) is 15.7. The fraction of sp³-hybridized carbons (Fsp3) is 0.375. The van der Waals surface area contributed by atoms with Crippen molar-refractivity contribution in [3.05, 3.63) is 104 Å². The number of aromatic nitrogens is 1. The maximum atomic E-state index is 12.6. The first-order valence-corrected chi connectivity index (χ1v) is 14.9. The first kappa shape index (κ1) is 31.5. The van der Waals surface area contributed by atoms with Gasteiger partial charge in [0.25, 0.3) is 5.56 Å². The number of halogens is 2. The van der Waals surface area contributed by atoms with Crippen molar-refractivity contribution in [3.63, 3.8) is 0 Å². The van der Waals surface area contributed by atoms with E-state index in [-0.39, 0.29) is 12.3 Å². The van der Waals surface area contributed by atoms with Crippen molar-refractivity contribution in [1.82, 2.24) is 14.8 Å². The van der Waals surface area contributed by atoms with E-state index >= 15 is 0 Å². The number of rotatable bonds is 12. The van der Waals surface area contributed by atoms with Crippen LogP contribution >= 0.6 is 23.2 Å². The number of nitrogens with one attached hydrogen (secondary N) is 1. The molecule has 42 heavy (non-hydrogen) atoms. The van der Waals surface area contributed by atoms with Crippen molar-refractivity contribution in [3.8, 4) is 0 Å². The molecule has 2 heterocycles. The van der Waals surface area contributed by atoms with Crippen LogP contribution in [0.15, 0.2) is 71.2 Å². The first-order valence-electron chi connectivity index (χ1n) is 14.2. The van der Waals surface area contributed by atoms with Gasteiger partial charge in [0.2, 0.25) is 0 Å². The molecule has 1 amide bonds. The number of unbranched alkanes of at least 4 members (excludes halogenated alkanes) is 1. The van der Waals surface area contributed by atoms with E-state index in [1.807, 2.05) is 68.5 Å². The number of ether oxygens (including phenoxy) is 2. The van der Waals surface area contributed by atoms with E-state index in [0.717, 1.165) is 62.4 Å². The second-order valence-electron chi connectivity index (χ2n) is 10.3. The lowest BCUT2D eigenvalue weighted by Crippen LogP contribution is -2.46. The van der Waals surface area contributed by atoms with Crippen LogP contribution in [0.25, 0.3) is 6.08 Å². The summed E-state index contributed by atoms with van der Waals surface area (Å²) in [5.41, 5.74) is 3.22. The molecule has 0 spiro atoms. The molecule has 1 fully saturated rings. The lowest BCUT2D eigenvalue weighted by atomic mass is 10.2. The molecular weight excluding hydrogens is 575 g/mol. The van der Waals surface area contributed by atoms with Crippen LogP contribution < -0.4 is 15.8 Å². The van der Waals surface area contributed by atoms with E-state index in [1.165, 1.54) is 10.6 Å². The Balaban J connectivity index is 1.20. The molecule has 0 radical (unpaired) electrons. The normalized spacial score (nSPS) is 14.1. The van der Waals surface area contributed by atoms with Gasteiger partial charge in [-0.05, 0) is 62.6 Å². The summed E-state index contributed by atoms with van der Waals surface area (Å²) in [6.07, 6.45) is 3.16. The number of carbonyl (C=O) groups is 1. The monoisotopic (exact) mass is 612 g/mol. The van der Waals surface area contributed by atoms with Gasteiger partial charge in [-0.1, -0.05) is 65.7 Å². The van der Waals surface area contributed by atoms with Gasteiger partial charge >= 0.3 is 6.09 Å². The summed E-state index contributed by atoms with van der Waals surface area (Å²) in [5, 5.41) is 3.91. The van der Waals surface area contributed by atoms with Crippen molar-refractivity contribution in [2.24, 2.45) is 0 Å². The van der Waals surface area contributed by atoms with Crippen LogP contribution in [0.1, 0.15) is 36.6 Å². The van der Waals surface area contributed by atoms with Gasteiger partial charge in [0.1, 0.15) is 0 Å². The van der Waals surface area contributed by atoms with Crippen molar-refractivity contribution < 1.29 is 14.3 Å². The predicted octanol–water partition coefficient (Wildman–Crippen LogP) is 6.33. The van der Waals surface area contributed by atoms with Crippen LogP contribution in [0.2, 0.25) is 10.0 Å². The first-order chi connectivity index (χ1) is 20.3. The fourth-order valence-electron chi connectivity index (χ4n) is 4.83. The molecule has 0 atom stereocenters. The molecule has 0 unspecified atom stereocenters. The maximum absolute atomic E-state index is 12.6. The Kier molecular flexibility index (Phi) is 11.7. The molecular formula is C32H38Cl2N4O4. The number of piperazine rings is 1. The SMILES string of the molecule is C/C(=C\c1c(C)ccc(=O)n1COC(=O)NCc1ccccc1)OCCCCN1CCN(c2cccc(Cl)c2Cl)CC1. The highest BCUT2D eigenvalue weighted by Crippen LogP contribution is 2.32. The van der Waals surface area contributed by atoms with Gasteiger partial charge in [0.05, 0.1) is 33.8 Å². The van der Waals surface area contributed by atoms with Gasteiger partial charge in [-0.3, -0.25) is 14.3 Å². The smallest absolute Gasteiger partial charge is 0.409 e. The van der Waals surface area contributed by atoms with Crippen molar-refractivity contribution in [1.29, 1.82) is 0 Å². The Labute approximate surface area is 257 Å². The largest absolute Gasteiger partial charge is 0.498 e. The third-order valence-electron chi connectivity index (χ3n) is 7.22. The van der Waals surface area contributed by atoms with E-state index in [2.05, 4.69) is 15.1 Å². The van der Waals surface area contributed by atoms with Gasteiger partial charge < -0.3 is 19.7 Å². The van der Waals surface area contributed by atoms with Gasteiger partial charge in [-0.25, -0.2) is 4.79 Å². The number of allylic oxidation sites excluding steroid dienone is 1. The van der Waals surface area contributed by atoms with Gasteiger partial charge in [-0.2, -0.15) is 0 Å². The third kappa shape index (κ3) is 9.02. The molecule has 1 saturated heterocycles. The van der Waals surface area contributed by atoms with E-state index < -0.39 is 6.09 Å². The van der Waals surface area contributed by atoms with Gasteiger partial charge in [-0.15, -0.1) is 0 Å². The number of alkyl carbamates (subject to hydrolysis) is 1. The highest BCUT2D eigenvalue weighted by molar-refractivity contribution is 6.43. The minimum absolute atomic E-state index is 0.197. The Hall–Kier alpha value is -3.46. The zero-order chi connectivity index (χ0) is 29.9. The van der Waals surface area contributed by atoms with Crippen LogP contribution in [-0.4, -0.2) is 54.9 Å². The Morgan fingerprint density at radius 1 is 0.952 bits per heavy atom. The van der Waals surface area contributed by atoms with Crippen LogP contribution in [-0.2, 0) is 22.7 Å². The predicted molar refractivity (Wildman–Crippen MR) is 169 cm³/mol. The maximum Gasteiger partial charge on any atom is 0.409 e. The molecule has 0 bridgehead atoms. The molecule has 224 valence electrons. The quantitative estimate of drug-likeness (QED) is 0.190. The summed E-state index contributed by atoms with van der Waals surface area (Å²) in [5.74, 6) is 0.693. The molecule has 1 aliphatic heterocycles. The number of aryl methyl sites for hydroxylation is 1. The van der Waals surface area contributed by atoms with Crippen LogP contribution in [0.5, 0.6) is 0 Å².